The Hall–Kier alpha value is -0.910. The molecule has 0 aromatic heterocycles. The second kappa shape index (κ2) is 7.38. The van der Waals surface area contributed by atoms with Crippen molar-refractivity contribution in [3.05, 3.63) is 35.9 Å². The fourth-order valence-electron chi connectivity index (χ4n) is 3.28. The van der Waals surface area contributed by atoms with Gasteiger partial charge in [0.05, 0.1) is 17.6 Å². The molecule has 0 saturated heterocycles. The fraction of sp³-hybridized carbons (Fsp3) is 0.625. The first kappa shape index (κ1) is 16.5. The minimum absolute atomic E-state index is 0.0758. The van der Waals surface area contributed by atoms with Crippen LogP contribution in [0.5, 0.6) is 0 Å². The van der Waals surface area contributed by atoms with Crippen LogP contribution in [0, 0.1) is 5.92 Å². The lowest BCUT2D eigenvalue weighted by Crippen LogP contribution is -2.41. The van der Waals surface area contributed by atoms with Crippen molar-refractivity contribution in [1.29, 1.82) is 0 Å². The van der Waals surface area contributed by atoms with E-state index in [1.807, 2.05) is 18.2 Å². The Morgan fingerprint density at radius 3 is 2.57 bits per heavy atom. The van der Waals surface area contributed by atoms with Gasteiger partial charge in [-0.25, -0.2) is 8.42 Å². The monoisotopic (exact) mass is 311 g/mol. The van der Waals surface area contributed by atoms with Crippen LogP contribution in [-0.4, -0.2) is 39.7 Å². The van der Waals surface area contributed by atoms with Crippen LogP contribution in [-0.2, 0) is 14.6 Å². The highest BCUT2D eigenvalue weighted by molar-refractivity contribution is 7.92. The highest BCUT2D eigenvalue weighted by Gasteiger charge is 2.38. The quantitative estimate of drug-likeness (QED) is 0.872. The maximum absolute atomic E-state index is 12.6. The number of sulfone groups is 1. The molecule has 2 N–H and O–H groups in total. The van der Waals surface area contributed by atoms with Crippen LogP contribution in [0.4, 0.5) is 0 Å². The maximum Gasteiger partial charge on any atom is 0.155 e. The minimum Gasteiger partial charge on any atom is -0.384 e. The van der Waals surface area contributed by atoms with Gasteiger partial charge in [0.2, 0.25) is 0 Å². The molecule has 1 fully saturated rings. The fourth-order valence-corrected chi connectivity index (χ4v) is 5.34. The molecule has 0 bridgehead atoms. The summed E-state index contributed by atoms with van der Waals surface area (Å²) >= 11 is 0. The normalized spacial score (nSPS) is 26.7. The number of hydrogen-bond acceptors (Lipinski definition) is 4. The topological polar surface area (TPSA) is 69.4 Å². The lowest BCUT2D eigenvalue weighted by Gasteiger charge is -2.35. The molecular weight excluding hydrogens is 286 g/mol. The summed E-state index contributed by atoms with van der Waals surface area (Å²) in [4.78, 5) is 0. The standard InChI is InChI=1S/C16H25NO3S/c1-20-9-10-21(18,19)16-11-14(7-8-15(16)12-17)13-5-3-2-4-6-13/h2-6,14-16H,7-12,17H2,1H3. The van der Waals surface area contributed by atoms with E-state index in [0.717, 1.165) is 12.8 Å². The minimum atomic E-state index is -3.15. The maximum atomic E-state index is 12.6. The van der Waals surface area contributed by atoms with Crippen molar-refractivity contribution >= 4 is 9.84 Å². The molecule has 0 radical (unpaired) electrons. The number of hydrogen-bond donors (Lipinski definition) is 1. The zero-order valence-electron chi connectivity index (χ0n) is 12.6. The summed E-state index contributed by atoms with van der Waals surface area (Å²) in [6.45, 7) is 0.699. The molecule has 0 amide bonds. The van der Waals surface area contributed by atoms with E-state index in [0.29, 0.717) is 18.9 Å². The molecule has 21 heavy (non-hydrogen) atoms. The Kier molecular flexibility index (Phi) is 5.79. The van der Waals surface area contributed by atoms with Gasteiger partial charge in [0, 0.05) is 7.11 Å². The van der Waals surface area contributed by atoms with Gasteiger partial charge in [0.1, 0.15) is 0 Å². The molecule has 0 heterocycles. The average Bonchev–Trinajstić information content (AvgIpc) is 2.53. The molecule has 2 rings (SSSR count). The highest BCUT2D eigenvalue weighted by Crippen LogP contribution is 2.38. The molecule has 0 aliphatic heterocycles. The molecule has 0 spiro atoms. The smallest absolute Gasteiger partial charge is 0.155 e. The van der Waals surface area contributed by atoms with E-state index < -0.39 is 9.84 Å². The van der Waals surface area contributed by atoms with Crippen molar-refractivity contribution in [3.63, 3.8) is 0 Å². The van der Waals surface area contributed by atoms with Crippen LogP contribution < -0.4 is 5.73 Å². The third-order valence-electron chi connectivity index (χ3n) is 4.54. The molecule has 4 nitrogen and oxygen atoms in total. The van der Waals surface area contributed by atoms with Gasteiger partial charge >= 0.3 is 0 Å². The first-order valence-corrected chi connectivity index (χ1v) is 9.25. The summed E-state index contributed by atoms with van der Waals surface area (Å²) in [6, 6.07) is 10.2. The van der Waals surface area contributed by atoms with E-state index in [-0.39, 0.29) is 23.5 Å². The molecular formula is C16H25NO3S. The number of ether oxygens (including phenoxy) is 1. The Bertz CT molecular complexity index is 530. The molecule has 1 aromatic rings. The van der Waals surface area contributed by atoms with Crippen molar-refractivity contribution < 1.29 is 13.2 Å². The molecule has 1 aliphatic rings. The Morgan fingerprint density at radius 1 is 1.24 bits per heavy atom. The van der Waals surface area contributed by atoms with Gasteiger partial charge in [-0.3, -0.25) is 0 Å². The van der Waals surface area contributed by atoms with E-state index in [9.17, 15) is 8.42 Å². The van der Waals surface area contributed by atoms with Crippen LogP contribution in [0.3, 0.4) is 0 Å². The van der Waals surface area contributed by atoms with E-state index in [1.54, 1.807) is 0 Å². The van der Waals surface area contributed by atoms with Crippen LogP contribution >= 0.6 is 0 Å². The molecule has 3 unspecified atom stereocenters. The van der Waals surface area contributed by atoms with Crippen molar-refractivity contribution in [3.8, 4) is 0 Å². The van der Waals surface area contributed by atoms with Gasteiger partial charge in [0.15, 0.2) is 9.84 Å². The zero-order chi connectivity index (χ0) is 15.3. The summed E-state index contributed by atoms with van der Waals surface area (Å²) in [5.74, 6) is 0.481. The van der Waals surface area contributed by atoms with Crippen molar-refractivity contribution in [2.45, 2.75) is 30.4 Å². The summed E-state index contributed by atoms with van der Waals surface area (Å²) in [6.07, 6.45) is 2.58. The summed E-state index contributed by atoms with van der Waals surface area (Å²) in [5, 5.41) is -0.336. The van der Waals surface area contributed by atoms with E-state index in [2.05, 4.69) is 12.1 Å². The summed E-state index contributed by atoms with van der Waals surface area (Å²) in [7, 11) is -1.62. The SMILES string of the molecule is COCCS(=O)(=O)C1CC(c2ccccc2)CCC1CN. The number of benzene rings is 1. The number of rotatable bonds is 6. The predicted molar refractivity (Wildman–Crippen MR) is 85.0 cm³/mol. The molecule has 5 heteroatoms. The largest absolute Gasteiger partial charge is 0.384 e. The van der Waals surface area contributed by atoms with Crippen LogP contribution in [0.1, 0.15) is 30.7 Å². The lowest BCUT2D eigenvalue weighted by molar-refractivity contribution is 0.216. The van der Waals surface area contributed by atoms with E-state index in [1.165, 1.54) is 12.7 Å². The second-order valence-corrected chi connectivity index (χ2v) is 8.15. The van der Waals surface area contributed by atoms with Gasteiger partial charge < -0.3 is 10.5 Å². The van der Waals surface area contributed by atoms with Gasteiger partial charge in [-0.2, -0.15) is 0 Å². The third kappa shape index (κ3) is 4.05. The third-order valence-corrected chi connectivity index (χ3v) is 6.77. The molecule has 3 atom stereocenters. The zero-order valence-corrected chi connectivity index (χ0v) is 13.4. The lowest BCUT2D eigenvalue weighted by atomic mass is 9.78. The summed E-state index contributed by atoms with van der Waals surface area (Å²) in [5.41, 5.74) is 7.04. The van der Waals surface area contributed by atoms with Gasteiger partial charge in [-0.05, 0) is 43.2 Å². The van der Waals surface area contributed by atoms with Crippen LogP contribution in [0.25, 0.3) is 0 Å². The average molecular weight is 311 g/mol. The predicted octanol–water partition coefficient (Wildman–Crippen LogP) is 1.96. The van der Waals surface area contributed by atoms with Crippen molar-refractivity contribution in [1.82, 2.24) is 0 Å². The Balaban J connectivity index is 2.16. The van der Waals surface area contributed by atoms with Gasteiger partial charge in [0.25, 0.3) is 0 Å². The summed E-state index contributed by atoms with van der Waals surface area (Å²) < 4.78 is 30.0. The molecule has 1 aliphatic carbocycles. The first-order chi connectivity index (χ1) is 10.1. The van der Waals surface area contributed by atoms with Crippen molar-refractivity contribution in [2.75, 3.05) is 26.0 Å². The Morgan fingerprint density at radius 2 is 1.95 bits per heavy atom. The second-order valence-electron chi connectivity index (χ2n) is 5.81. The Labute approximate surface area is 127 Å². The van der Waals surface area contributed by atoms with Gasteiger partial charge in [-0.1, -0.05) is 30.3 Å². The number of methoxy groups -OCH3 is 1. The highest BCUT2D eigenvalue weighted by atomic mass is 32.2. The number of nitrogens with two attached hydrogens (primary N) is 1. The molecule has 1 saturated carbocycles. The first-order valence-electron chi connectivity index (χ1n) is 7.54. The van der Waals surface area contributed by atoms with E-state index in [4.69, 9.17) is 10.5 Å². The van der Waals surface area contributed by atoms with E-state index >= 15 is 0 Å². The van der Waals surface area contributed by atoms with Gasteiger partial charge in [-0.15, -0.1) is 0 Å². The van der Waals surface area contributed by atoms with Crippen molar-refractivity contribution in [2.24, 2.45) is 11.7 Å². The molecule has 118 valence electrons. The molecule has 1 aromatic carbocycles. The van der Waals surface area contributed by atoms with Crippen LogP contribution in [0.15, 0.2) is 30.3 Å². The van der Waals surface area contributed by atoms with Crippen LogP contribution in [0.2, 0.25) is 0 Å².